The molecule has 2 heterocycles. The van der Waals surface area contributed by atoms with Crippen LogP contribution in [-0.2, 0) is 6.54 Å². The summed E-state index contributed by atoms with van der Waals surface area (Å²) >= 11 is 3.36. The van der Waals surface area contributed by atoms with Gasteiger partial charge in [-0.2, -0.15) is 5.10 Å². The van der Waals surface area contributed by atoms with Crippen LogP contribution in [0, 0.1) is 6.92 Å². The third-order valence-corrected chi connectivity index (χ3v) is 3.48. The van der Waals surface area contributed by atoms with E-state index < -0.39 is 0 Å². The molecule has 7 heteroatoms. The van der Waals surface area contributed by atoms with Crippen LogP contribution in [-0.4, -0.2) is 20.7 Å². The minimum atomic E-state index is -0.314. The molecule has 0 atom stereocenters. The maximum absolute atomic E-state index is 12.2. The average molecular weight is 324 g/mol. The molecule has 0 saturated carbocycles. The molecular formula is C12H14BrN5O. The molecular weight excluding hydrogens is 310 g/mol. The number of aromatic nitrogens is 3. The quantitative estimate of drug-likeness (QED) is 0.906. The number of pyridine rings is 1. The molecule has 6 nitrogen and oxygen atoms in total. The fourth-order valence-corrected chi connectivity index (χ4v) is 1.90. The zero-order valence-electron chi connectivity index (χ0n) is 10.6. The van der Waals surface area contributed by atoms with E-state index in [4.69, 9.17) is 5.73 Å². The van der Waals surface area contributed by atoms with Gasteiger partial charge in [-0.1, -0.05) is 0 Å². The Morgan fingerprint density at radius 1 is 1.53 bits per heavy atom. The van der Waals surface area contributed by atoms with Crippen molar-refractivity contribution in [3.8, 4) is 0 Å². The number of halogens is 1. The van der Waals surface area contributed by atoms with Gasteiger partial charge in [0.2, 0.25) is 0 Å². The van der Waals surface area contributed by atoms with E-state index in [9.17, 15) is 4.79 Å². The van der Waals surface area contributed by atoms with E-state index in [2.05, 4.69) is 31.3 Å². The topological polar surface area (TPSA) is 85.8 Å². The number of hydrogen-bond donors (Lipinski definition) is 2. The molecule has 1 amide bonds. The first-order valence-corrected chi connectivity index (χ1v) is 6.58. The summed E-state index contributed by atoms with van der Waals surface area (Å²) in [4.78, 5) is 16.4. The van der Waals surface area contributed by atoms with Crippen LogP contribution in [0.4, 0.5) is 11.5 Å². The molecule has 0 bridgehead atoms. The molecule has 0 unspecified atom stereocenters. The summed E-state index contributed by atoms with van der Waals surface area (Å²) in [6, 6.07) is 3.55. The number of aryl methyl sites for hydroxylation is 2. The molecule has 0 aliphatic rings. The fraction of sp³-hybridized carbons (Fsp3) is 0.250. The lowest BCUT2D eigenvalue weighted by Gasteiger charge is -2.08. The first kappa shape index (κ1) is 13.5. The van der Waals surface area contributed by atoms with Crippen molar-refractivity contribution in [2.75, 3.05) is 11.1 Å². The second kappa shape index (κ2) is 5.40. The maximum atomic E-state index is 12.2. The lowest BCUT2D eigenvalue weighted by Crippen LogP contribution is -2.19. The van der Waals surface area contributed by atoms with Gasteiger partial charge in [0, 0.05) is 11.0 Å². The van der Waals surface area contributed by atoms with Gasteiger partial charge in [0.05, 0.1) is 17.6 Å². The number of nitrogens with two attached hydrogens (primary N) is 1. The number of nitrogen functional groups attached to an aromatic ring is 1. The number of carbonyl (C=O) groups excluding carboxylic acids is 1. The summed E-state index contributed by atoms with van der Waals surface area (Å²) in [5.41, 5.74) is 7.26. The first-order valence-electron chi connectivity index (χ1n) is 5.78. The summed E-state index contributed by atoms with van der Waals surface area (Å²) < 4.78 is 2.44. The highest BCUT2D eigenvalue weighted by Crippen LogP contribution is 2.18. The number of amides is 1. The second-order valence-corrected chi connectivity index (χ2v) is 4.84. The predicted octanol–water partition coefficient (Wildman–Crippen LogP) is 2.20. The second-order valence-electron chi connectivity index (χ2n) is 3.98. The number of rotatable bonds is 3. The molecule has 0 fully saturated rings. The molecule has 2 aromatic rings. The van der Waals surface area contributed by atoms with Gasteiger partial charge in [-0.25, -0.2) is 4.98 Å². The molecule has 19 heavy (non-hydrogen) atoms. The van der Waals surface area contributed by atoms with Gasteiger partial charge in [-0.3, -0.25) is 9.48 Å². The summed E-state index contributed by atoms with van der Waals surface area (Å²) in [5, 5.41) is 6.75. The van der Waals surface area contributed by atoms with E-state index >= 15 is 0 Å². The molecule has 3 N–H and O–H groups in total. The normalized spacial score (nSPS) is 10.5. The van der Waals surface area contributed by atoms with E-state index in [-0.39, 0.29) is 5.91 Å². The van der Waals surface area contributed by atoms with Gasteiger partial charge in [0.1, 0.15) is 11.5 Å². The minimum Gasteiger partial charge on any atom is -0.396 e. The lowest BCUT2D eigenvalue weighted by molar-refractivity contribution is 0.101. The zero-order chi connectivity index (χ0) is 14.0. The minimum absolute atomic E-state index is 0.314. The Labute approximate surface area is 119 Å². The standard InChI is InChI=1S/C12H14BrN5O/c1-3-18-11(9(14)6-15-18)12(19)17-10-5-4-8(13)7(2)16-10/h4-6H,3,14H2,1-2H3,(H,16,17,19). The van der Waals surface area contributed by atoms with Crippen LogP contribution >= 0.6 is 15.9 Å². The van der Waals surface area contributed by atoms with Gasteiger partial charge >= 0.3 is 0 Å². The predicted molar refractivity (Wildman–Crippen MR) is 76.9 cm³/mol. The van der Waals surface area contributed by atoms with Crippen molar-refractivity contribution in [1.29, 1.82) is 0 Å². The van der Waals surface area contributed by atoms with E-state index in [0.717, 1.165) is 10.2 Å². The number of hydrogen-bond acceptors (Lipinski definition) is 4. The number of carbonyl (C=O) groups is 1. The van der Waals surface area contributed by atoms with Gasteiger partial charge < -0.3 is 11.1 Å². The highest BCUT2D eigenvalue weighted by atomic mass is 79.9. The van der Waals surface area contributed by atoms with Crippen LogP contribution in [0.3, 0.4) is 0 Å². The Morgan fingerprint density at radius 2 is 2.26 bits per heavy atom. The van der Waals surface area contributed by atoms with Crippen LogP contribution in [0.15, 0.2) is 22.8 Å². The third kappa shape index (κ3) is 2.76. The average Bonchev–Trinajstić information content (AvgIpc) is 2.75. The molecule has 0 aromatic carbocycles. The molecule has 100 valence electrons. The Balaban J connectivity index is 2.25. The number of nitrogens with zero attached hydrogens (tertiary/aromatic N) is 3. The lowest BCUT2D eigenvalue weighted by atomic mass is 10.3. The summed E-state index contributed by atoms with van der Waals surface area (Å²) in [6.45, 7) is 4.32. The molecule has 2 rings (SSSR count). The van der Waals surface area contributed by atoms with Crippen molar-refractivity contribution in [3.63, 3.8) is 0 Å². The summed E-state index contributed by atoms with van der Waals surface area (Å²) in [6.07, 6.45) is 1.47. The molecule has 0 spiro atoms. The van der Waals surface area contributed by atoms with Crippen molar-refractivity contribution >= 4 is 33.3 Å². The van der Waals surface area contributed by atoms with E-state index in [0.29, 0.717) is 23.7 Å². The van der Waals surface area contributed by atoms with E-state index in [1.165, 1.54) is 6.20 Å². The fourth-order valence-electron chi connectivity index (χ4n) is 1.68. The Bertz CT molecular complexity index is 623. The van der Waals surface area contributed by atoms with Crippen molar-refractivity contribution in [2.45, 2.75) is 20.4 Å². The molecule has 0 aliphatic heterocycles. The zero-order valence-corrected chi connectivity index (χ0v) is 12.2. The first-order chi connectivity index (χ1) is 9.02. The summed E-state index contributed by atoms with van der Waals surface area (Å²) in [7, 11) is 0. The van der Waals surface area contributed by atoms with Crippen LogP contribution in [0.25, 0.3) is 0 Å². The maximum Gasteiger partial charge on any atom is 0.277 e. The van der Waals surface area contributed by atoms with Crippen molar-refractivity contribution in [3.05, 3.63) is 34.2 Å². The highest BCUT2D eigenvalue weighted by Gasteiger charge is 2.16. The molecule has 2 aromatic heterocycles. The number of anilines is 2. The van der Waals surface area contributed by atoms with Gasteiger partial charge in [0.25, 0.3) is 5.91 Å². The monoisotopic (exact) mass is 323 g/mol. The molecule has 0 aliphatic carbocycles. The van der Waals surface area contributed by atoms with Crippen LogP contribution in [0.5, 0.6) is 0 Å². The SMILES string of the molecule is CCn1ncc(N)c1C(=O)Nc1ccc(Br)c(C)n1. The Kier molecular flexibility index (Phi) is 3.84. The van der Waals surface area contributed by atoms with Crippen molar-refractivity contribution < 1.29 is 4.79 Å². The molecule has 0 radical (unpaired) electrons. The van der Waals surface area contributed by atoms with Crippen LogP contribution < -0.4 is 11.1 Å². The van der Waals surface area contributed by atoms with Gasteiger partial charge in [-0.15, -0.1) is 0 Å². The highest BCUT2D eigenvalue weighted by molar-refractivity contribution is 9.10. The van der Waals surface area contributed by atoms with Crippen molar-refractivity contribution in [2.24, 2.45) is 0 Å². The molecule has 0 saturated heterocycles. The van der Waals surface area contributed by atoms with Crippen molar-refractivity contribution in [1.82, 2.24) is 14.8 Å². The van der Waals surface area contributed by atoms with Gasteiger partial charge in [0.15, 0.2) is 0 Å². The third-order valence-electron chi connectivity index (χ3n) is 2.65. The summed E-state index contributed by atoms with van der Waals surface area (Å²) in [5.74, 6) is 0.167. The number of nitrogens with one attached hydrogen (secondary N) is 1. The Hall–Kier alpha value is -1.89. The van der Waals surface area contributed by atoms with Crippen LogP contribution in [0.1, 0.15) is 23.1 Å². The smallest absolute Gasteiger partial charge is 0.277 e. The van der Waals surface area contributed by atoms with Gasteiger partial charge in [-0.05, 0) is 41.9 Å². The van der Waals surface area contributed by atoms with Crippen LogP contribution in [0.2, 0.25) is 0 Å². The Morgan fingerprint density at radius 3 is 2.89 bits per heavy atom. The largest absolute Gasteiger partial charge is 0.396 e. The van der Waals surface area contributed by atoms with E-state index in [1.807, 2.05) is 19.9 Å². The van der Waals surface area contributed by atoms with E-state index in [1.54, 1.807) is 10.7 Å².